The normalized spacial score (nSPS) is 19.4. The van der Waals surface area contributed by atoms with E-state index in [9.17, 15) is 4.79 Å². The number of ether oxygens (including phenoxy) is 1. The summed E-state index contributed by atoms with van der Waals surface area (Å²) in [7, 11) is 1.68. The Balaban J connectivity index is 1.48. The summed E-state index contributed by atoms with van der Waals surface area (Å²) in [4.78, 5) is 14.5. The van der Waals surface area contributed by atoms with Crippen molar-refractivity contribution < 1.29 is 9.53 Å². The molecule has 1 aliphatic carbocycles. The molecule has 1 saturated carbocycles. The number of nitrogens with zero attached hydrogens (tertiary/aromatic N) is 1. The molecule has 22 heavy (non-hydrogen) atoms. The van der Waals surface area contributed by atoms with Gasteiger partial charge in [-0.15, -0.1) is 0 Å². The Kier molecular flexibility index (Phi) is 5.11. The Morgan fingerprint density at radius 1 is 1.18 bits per heavy atom. The summed E-state index contributed by atoms with van der Waals surface area (Å²) in [5, 5.41) is 3.65. The van der Waals surface area contributed by atoms with Crippen molar-refractivity contribution in [3.63, 3.8) is 0 Å². The van der Waals surface area contributed by atoms with Crippen LogP contribution in [0.4, 0.5) is 0 Å². The van der Waals surface area contributed by atoms with Gasteiger partial charge in [-0.05, 0) is 55.8 Å². The fourth-order valence-electron chi connectivity index (χ4n) is 3.03. The van der Waals surface area contributed by atoms with E-state index >= 15 is 0 Å². The lowest BCUT2D eigenvalue weighted by molar-refractivity contribution is 0.0705. The third-order valence-corrected chi connectivity index (χ3v) is 4.69. The number of rotatable bonds is 6. The maximum absolute atomic E-state index is 12.5. The molecular formula is C18H26N2O2. The molecule has 0 radical (unpaired) electrons. The molecule has 1 saturated heterocycles. The van der Waals surface area contributed by atoms with Crippen LogP contribution in [0.15, 0.2) is 24.3 Å². The molecular weight excluding hydrogens is 276 g/mol. The molecule has 2 aliphatic rings. The molecule has 0 spiro atoms. The quantitative estimate of drug-likeness (QED) is 0.877. The molecule has 1 aromatic rings. The zero-order valence-corrected chi connectivity index (χ0v) is 13.4. The fraction of sp³-hybridized carbons (Fsp3) is 0.611. The standard InChI is InChI=1S/C18H26N2O2/c1-22-13-15-4-6-16(7-5-15)18(21)20-10-8-17(9-11-20)19-12-14-2-3-14/h4-7,14,17,19H,2-3,8-13H2,1H3. The van der Waals surface area contributed by atoms with E-state index in [1.807, 2.05) is 29.2 Å². The molecule has 1 heterocycles. The van der Waals surface area contributed by atoms with E-state index in [1.165, 1.54) is 19.4 Å². The molecule has 1 aromatic carbocycles. The zero-order valence-electron chi connectivity index (χ0n) is 13.4. The van der Waals surface area contributed by atoms with Crippen molar-refractivity contribution in [1.29, 1.82) is 0 Å². The van der Waals surface area contributed by atoms with Crippen LogP contribution < -0.4 is 5.32 Å². The van der Waals surface area contributed by atoms with Gasteiger partial charge in [0.2, 0.25) is 0 Å². The predicted octanol–water partition coefficient (Wildman–Crippen LogP) is 2.44. The van der Waals surface area contributed by atoms with Gasteiger partial charge in [-0.25, -0.2) is 0 Å². The second kappa shape index (κ2) is 7.25. The van der Waals surface area contributed by atoms with Crippen molar-refractivity contribution in [1.82, 2.24) is 10.2 Å². The summed E-state index contributed by atoms with van der Waals surface area (Å²) < 4.78 is 5.10. The minimum atomic E-state index is 0.157. The first-order chi connectivity index (χ1) is 10.8. The SMILES string of the molecule is COCc1ccc(C(=O)N2CCC(NCC3CC3)CC2)cc1. The number of methoxy groups -OCH3 is 1. The van der Waals surface area contributed by atoms with Crippen LogP contribution in [0.2, 0.25) is 0 Å². The van der Waals surface area contributed by atoms with Crippen LogP contribution in [0.5, 0.6) is 0 Å². The van der Waals surface area contributed by atoms with Gasteiger partial charge in [-0.1, -0.05) is 12.1 Å². The van der Waals surface area contributed by atoms with Crippen LogP contribution in [0, 0.1) is 5.92 Å². The average molecular weight is 302 g/mol. The van der Waals surface area contributed by atoms with Crippen LogP contribution in [0.3, 0.4) is 0 Å². The number of likely N-dealkylation sites (tertiary alicyclic amines) is 1. The molecule has 0 aromatic heterocycles. The molecule has 0 unspecified atom stereocenters. The molecule has 1 aliphatic heterocycles. The lowest BCUT2D eigenvalue weighted by Crippen LogP contribution is -2.45. The van der Waals surface area contributed by atoms with Crippen molar-refractivity contribution in [2.24, 2.45) is 5.92 Å². The summed E-state index contributed by atoms with van der Waals surface area (Å²) in [6.45, 7) is 3.48. The Morgan fingerprint density at radius 2 is 1.86 bits per heavy atom. The van der Waals surface area contributed by atoms with Gasteiger partial charge in [-0.2, -0.15) is 0 Å². The van der Waals surface area contributed by atoms with Crippen LogP contribution in [0.25, 0.3) is 0 Å². The van der Waals surface area contributed by atoms with E-state index in [4.69, 9.17) is 4.74 Å². The highest BCUT2D eigenvalue weighted by atomic mass is 16.5. The van der Waals surface area contributed by atoms with Gasteiger partial charge in [-0.3, -0.25) is 4.79 Å². The van der Waals surface area contributed by atoms with Gasteiger partial charge >= 0.3 is 0 Å². The highest BCUT2D eigenvalue weighted by Crippen LogP contribution is 2.28. The van der Waals surface area contributed by atoms with E-state index in [0.29, 0.717) is 12.6 Å². The molecule has 1 amide bonds. The Hall–Kier alpha value is -1.39. The summed E-state index contributed by atoms with van der Waals surface area (Å²) >= 11 is 0. The number of piperidine rings is 1. The van der Waals surface area contributed by atoms with E-state index in [0.717, 1.165) is 43.0 Å². The molecule has 120 valence electrons. The average Bonchev–Trinajstić information content (AvgIpc) is 3.38. The van der Waals surface area contributed by atoms with Gasteiger partial charge in [0.05, 0.1) is 6.61 Å². The van der Waals surface area contributed by atoms with Gasteiger partial charge in [0.15, 0.2) is 0 Å². The molecule has 2 fully saturated rings. The fourth-order valence-corrected chi connectivity index (χ4v) is 3.03. The largest absolute Gasteiger partial charge is 0.380 e. The van der Waals surface area contributed by atoms with Crippen LogP contribution in [0.1, 0.15) is 41.6 Å². The molecule has 1 N–H and O–H groups in total. The minimum Gasteiger partial charge on any atom is -0.380 e. The number of carbonyl (C=O) groups excluding carboxylic acids is 1. The van der Waals surface area contributed by atoms with E-state index < -0.39 is 0 Å². The van der Waals surface area contributed by atoms with Crippen molar-refractivity contribution >= 4 is 5.91 Å². The third-order valence-electron chi connectivity index (χ3n) is 4.69. The maximum atomic E-state index is 12.5. The smallest absolute Gasteiger partial charge is 0.253 e. The highest BCUT2D eigenvalue weighted by Gasteiger charge is 2.26. The number of hydrogen-bond acceptors (Lipinski definition) is 3. The highest BCUT2D eigenvalue weighted by molar-refractivity contribution is 5.94. The summed E-state index contributed by atoms with van der Waals surface area (Å²) in [6, 6.07) is 8.36. The van der Waals surface area contributed by atoms with Crippen molar-refractivity contribution in [2.45, 2.75) is 38.3 Å². The summed E-state index contributed by atoms with van der Waals surface area (Å²) in [5.74, 6) is 1.08. The zero-order chi connectivity index (χ0) is 15.4. The first kappa shape index (κ1) is 15.5. The third kappa shape index (κ3) is 4.08. The second-order valence-corrected chi connectivity index (χ2v) is 6.55. The molecule has 0 bridgehead atoms. The summed E-state index contributed by atoms with van der Waals surface area (Å²) in [6.07, 6.45) is 4.92. The van der Waals surface area contributed by atoms with Gasteiger partial charge in [0.25, 0.3) is 5.91 Å². The number of hydrogen-bond donors (Lipinski definition) is 1. The maximum Gasteiger partial charge on any atom is 0.253 e. The molecule has 4 heteroatoms. The van der Waals surface area contributed by atoms with Crippen LogP contribution in [-0.2, 0) is 11.3 Å². The van der Waals surface area contributed by atoms with Crippen LogP contribution >= 0.6 is 0 Å². The van der Waals surface area contributed by atoms with E-state index in [-0.39, 0.29) is 5.91 Å². The van der Waals surface area contributed by atoms with E-state index in [2.05, 4.69) is 5.32 Å². The van der Waals surface area contributed by atoms with Gasteiger partial charge in [0, 0.05) is 31.8 Å². The summed E-state index contributed by atoms with van der Waals surface area (Å²) in [5.41, 5.74) is 1.88. The van der Waals surface area contributed by atoms with Crippen molar-refractivity contribution in [3.8, 4) is 0 Å². The van der Waals surface area contributed by atoms with Gasteiger partial charge < -0.3 is 15.0 Å². The van der Waals surface area contributed by atoms with E-state index in [1.54, 1.807) is 7.11 Å². The van der Waals surface area contributed by atoms with Crippen molar-refractivity contribution in [2.75, 3.05) is 26.7 Å². The first-order valence-corrected chi connectivity index (χ1v) is 8.37. The molecule has 4 nitrogen and oxygen atoms in total. The Morgan fingerprint density at radius 3 is 2.45 bits per heavy atom. The predicted molar refractivity (Wildman–Crippen MR) is 86.8 cm³/mol. The number of nitrogens with one attached hydrogen (secondary N) is 1. The van der Waals surface area contributed by atoms with Crippen molar-refractivity contribution in [3.05, 3.63) is 35.4 Å². The number of carbonyl (C=O) groups is 1. The Bertz CT molecular complexity index is 488. The lowest BCUT2D eigenvalue weighted by atomic mass is 10.0. The van der Waals surface area contributed by atoms with Gasteiger partial charge in [0.1, 0.15) is 0 Å². The minimum absolute atomic E-state index is 0.157. The van der Waals surface area contributed by atoms with Crippen LogP contribution in [-0.4, -0.2) is 43.6 Å². The molecule has 0 atom stereocenters. The monoisotopic (exact) mass is 302 g/mol. The lowest BCUT2D eigenvalue weighted by Gasteiger charge is -2.32. The number of benzene rings is 1. The number of amides is 1. The second-order valence-electron chi connectivity index (χ2n) is 6.55. The topological polar surface area (TPSA) is 41.6 Å². The molecule has 3 rings (SSSR count). The Labute approximate surface area is 132 Å². The first-order valence-electron chi connectivity index (χ1n) is 8.37.